The number of fused-ring (bicyclic) bond motifs is 5. The summed E-state index contributed by atoms with van der Waals surface area (Å²) >= 11 is 0. The molecule has 5 aliphatic rings. The summed E-state index contributed by atoms with van der Waals surface area (Å²) in [6, 6.07) is 2.71. The van der Waals surface area contributed by atoms with E-state index in [2.05, 4.69) is 10.6 Å². The van der Waals surface area contributed by atoms with E-state index in [1.165, 1.54) is 11.8 Å². The van der Waals surface area contributed by atoms with E-state index in [1.807, 2.05) is 17.7 Å². The fourth-order valence-corrected chi connectivity index (χ4v) is 10.9. The van der Waals surface area contributed by atoms with Gasteiger partial charge in [-0.05, 0) is 102 Å². The number of methoxy groups -OCH3 is 1. The highest BCUT2D eigenvalue weighted by Gasteiger charge is 2.68. The third-order valence-electron chi connectivity index (χ3n) is 13.9. The number of carbonyl (C=O) groups is 4. The smallest absolute Gasteiger partial charge is 0.408 e. The number of hydrogen-bond acceptors (Lipinski definition) is 11. The predicted octanol–water partition coefficient (Wildman–Crippen LogP) is 5.58. The number of aromatic nitrogens is 2. The van der Waals surface area contributed by atoms with Gasteiger partial charge >= 0.3 is 6.09 Å². The number of nitrogens with zero attached hydrogens (tertiary/aromatic N) is 3. The molecule has 4 fully saturated rings. The Labute approximate surface area is 356 Å². The summed E-state index contributed by atoms with van der Waals surface area (Å²) in [5.74, 6) is -4.42. The molecule has 2 aromatic rings. The molecule has 1 aromatic carbocycles. The van der Waals surface area contributed by atoms with Gasteiger partial charge in [-0.25, -0.2) is 32.0 Å². The van der Waals surface area contributed by atoms with Gasteiger partial charge in [0.2, 0.25) is 34.1 Å². The van der Waals surface area contributed by atoms with Crippen LogP contribution in [0.2, 0.25) is 0 Å². The van der Waals surface area contributed by atoms with Crippen molar-refractivity contribution in [3.05, 3.63) is 23.9 Å². The largest absolute Gasteiger partial charge is 0.497 e. The first-order valence-electron chi connectivity index (χ1n) is 21.6. The fourth-order valence-electron chi connectivity index (χ4n) is 9.59. The van der Waals surface area contributed by atoms with Crippen LogP contribution in [0.5, 0.6) is 11.6 Å². The third kappa shape index (κ3) is 8.70. The van der Waals surface area contributed by atoms with Crippen LogP contribution in [0.3, 0.4) is 0 Å². The molecule has 15 nitrogen and oxygen atoms in total. The number of carbonyl (C=O) groups excluding carboxylic acids is 4. The van der Waals surface area contributed by atoms with Crippen molar-refractivity contribution in [2.45, 2.75) is 159 Å². The fraction of sp³-hybridized carbons (Fsp3) is 0.721. The number of aryl methyl sites for hydroxylation is 1. The lowest BCUT2D eigenvalue weighted by atomic mass is 9.85. The van der Waals surface area contributed by atoms with Gasteiger partial charge in [0.1, 0.15) is 40.8 Å². The molecule has 1 aromatic heterocycles. The second kappa shape index (κ2) is 16.4. The van der Waals surface area contributed by atoms with Crippen molar-refractivity contribution >= 4 is 44.9 Å². The van der Waals surface area contributed by atoms with Crippen molar-refractivity contribution in [3.8, 4) is 11.6 Å². The van der Waals surface area contributed by atoms with E-state index in [0.29, 0.717) is 48.2 Å². The number of alkyl halides is 2. The van der Waals surface area contributed by atoms with E-state index in [0.717, 1.165) is 38.5 Å². The Kier molecular flexibility index (Phi) is 12.0. The number of ether oxygens (including phenoxy) is 3. The van der Waals surface area contributed by atoms with Crippen LogP contribution in [0.25, 0.3) is 11.0 Å². The summed E-state index contributed by atoms with van der Waals surface area (Å²) < 4.78 is 74.2. The highest BCUT2D eigenvalue weighted by molar-refractivity contribution is 7.91. The molecule has 0 spiro atoms. The van der Waals surface area contributed by atoms with Crippen LogP contribution in [0.15, 0.2) is 18.2 Å². The van der Waals surface area contributed by atoms with Gasteiger partial charge in [0, 0.05) is 12.0 Å². The summed E-state index contributed by atoms with van der Waals surface area (Å²) in [4.78, 5) is 68.6. The van der Waals surface area contributed by atoms with Gasteiger partial charge in [-0.15, -0.1) is 0 Å². The number of halogens is 2. The number of rotatable bonds is 8. The summed E-state index contributed by atoms with van der Waals surface area (Å²) in [5, 5.41) is 5.36. The van der Waals surface area contributed by atoms with Gasteiger partial charge in [-0.3, -0.25) is 19.1 Å². The Morgan fingerprint density at radius 2 is 1.77 bits per heavy atom. The first-order valence-corrected chi connectivity index (χ1v) is 23.1. The Hall–Kier alpha value is -4.35. The minimum Gasteiger partial charge on any atom is -0.497 e. The molecular weight excluding hydrogens is 815 g/mol. The quantitative estimate of drug-likeness (QED) is 0.300. The first kappa shape index (κ1) is 44.7. The molecule has 3 saturated carbocycles. The van der Waals surface area contributed by atoms with Gasteiger partial charge in [-0.2, -0.15) is 0 Å². The molecule has 3 heterocycles. The van der Waals surface area contributed by atoms with Crippen molar-refractivity contribution in [3.63, 3.8) is 0 Å². The van der Waals surface area contributed by atoms with Gasteiger partial charge in [0.05, 0.1) is 35.4 Å². The second-order valence-electron chi connectivity index (χ2n) is 19.3. The zero-order valence-corrected chi connectivity index (χ0v) is 37.0. The van der Waals surface area contributed by atoms with Crippen molar-refractivity contribution in [1.82, 2.24) is 30.2 Å². The maximum absolute atomic E-state index is 15.1. The summed E-state index contributed by atoms with van der Waals surface area (Å²) in [7, 11) is -2.71. The maximum Gasteiger partial charge on any atom is 0.408 e. The minimum absolute atomic E-state index is 0.110. The molecule has 8 atom stereocenters. The molecule has 7 rings (SSSR count). The Bertz CT molecular complexity index is 2170. The number of amides is 4. The van der Waals surface area contributed by atoms with Gasteiger partial charge in [0.25, 0.3) is 5.91 Å². The maximum atomic E-state index is 15.1. The minimum atomic E-state index is -4.25. The predicted molar refractivity (Wildman–Crippen MR) is 220 cm³/mol. The second-order valence-corrected chi connectivity index (χ2v) is 21.5. The monoisotopic (exact) mass is 874 g/mol. The Morgan fingerprint density at radius 3 is 2.41 bits per heavy atom. The molecule has 8 unspecified atom stereocenters. The normalized spacial score (nSPS) is 31.7. The standard InChI is InChI=1S/C43H60F2N6O9S/c1-8-26-31-23-51(32(26)35(52)49-43(22-27(43)34(44)45)38(54)50-61(56,57)41(5)19-20-41)37(53)33(40(2,3)4)48-39(55)60-42(6)18-12-14-24(42)13-10-9-11-15-29-36(59-31)47-30-21-25(58-7)16-17-28(30)46-29/h16-17,21,24,26-27,31-34H,8-15,18-20,22-23H2,1-7H3,(H,48,55)(H,49,52)(H,50,54). The average molecular weight is 875 g/mol. The molecule has 2 bridgehead atoms. The Balaban J connectivity index is 1.29. The lowest BCUT2D eigenvalue weighted by Crippen LogP contribution is -2.61. The molecule has 2 aliphatic heterocycles. The SMILES string of the molecule is CCC1C2CN(C(=O)C(C(C)(C)C)NC(=O)OC3(C)CCCC3CCCCCc3nc4ccc(OC)cc4nc3O2)C1C(=O)NC1(C(=O)NS(=O)(=O)C2(C)CC2)CC1C(F)F. The summed E-state index contributed by atoms with van der Waals surface area (Å²) in [6.07, 6.45) is 1.92. The van der Waals surface area contributed by atoms with Gasteiger partial charge in [0.15, 0.2) is 0 Å². The number of nitrogens with one attached hydrogen (secondary N) is 3. The molecule has 3 N–H and O–H groups in total. The number of benzene rings is 1. The van der Waals surface area contributed by atoms with Crippen molar-refractivity contribution in [2.24, 2.45) is 23.2 Å². The molecule has 1 saturated heterocycles. The third-order valence-corrected chi connectivity index (χ3v) is 16.1. The van der Waals surface area contributed by atoms with Crippen LogP contribution >= 0.6 is 0 Å². The van der Waals surface area contributed by atoms with Crippen LogP contribution < -0.4 is 24.8 Å². The molecule has 0 radical (unpaired) electrons. The Morgan fingerprint density at radius 1 is 1.05 bits per heavy atom. The van der Waals surface area contributed by atoms with Crippen LogP contribution in [0.1, 0.15) is 118 Å². The zero-order chi connectivity index (χ0) is 44.3. The summed E-state index contributed by atoms with van der Waals surface area (Å²) in [6.45, 7) is 10.3. The van der Waals surface area contributed by atoms with Crippen LogP contribution in [-0.2, 0) is 35.6 Å². The van der Waals surface area contributed by atoms with E-state index in [1.54, 1.807) is 46.9 Å². The molecule has 18 heteroatoms. The van der Waals surface area contributed by atoms with E-state index in [4.69, 9.17) is 24.2 Å². The topological polar surface area (TPSA) is 195 Å². The number of alkyl carbamates (subject to hydrolysis) is 1. The molecule has 336 valence electrons. The highest BCUT2D eigenvalue weighted by Crippen LogP contribution is 2.50. The molecule has 61 heavy (non-hydrogen) atoms. The zero-order valence-electron chi connectivity index (χ0n) is 36.1. The first-order chi connectivity index (χ1) is 28.6. The van der Waals surface area contributed by atoms with E-state index >= 15 is 4.79 Å². The molecule has 4 amide bonds. The average Bonchev–Trinajstić information content (AvgIpc) is 4.05. The van der Waals surface area contributed by atoms with Crippen molar-refractivity contribution < 1.29 is 50.6 Å². The van der Waals surface area contributed by atoms with Crippen LogP contribution in [0.4, 0.5) is 13.6 Å². The van der Waals surface area contributed by atoms with Crippen LogP contribution in [0, 0.1) is 23.2 Å². The van der Waals surface area contributed by atoms with Crippen molar-refractivity contribution in [2.75, 3.05) is 13.7 Å². The molecular formula is C43H60F2N6O9S. The molecule has 3 aliphatic carbocycles. The number of sulfonamides is 1. The summed E-state index contributed by atoms with van der Waals surface area (Å²) in [5.41, 5.74) is -2.22. The van der Waals surface area contributed by atoms with Gasteiger partial charge < -0.3 is 29.7 Å². The van der Waals surface area contributed by atoms with E-state index < -0.39 is 98.0 Å². The van der Waals surface area contributed by atoms with Crippen molar-refractivity contribution in [1.29, 1.82) is 0 Å². The van der Waals surface area contributed by atoms with Gasteiger partial charge in [-0.1, -0.05) is 40.5 Å². The number of hydrogen-bond donors (Lipinski definition) is 3. The van der Waals surface area contributed by atoms with E-state index in [9.17, 15) is 31.6 Å². The van der Waals surface area contributed by atoms with E-state index in [-0.39, 0.29) is 24.8 Å². The highest BCUT2D eigenvalue weighted by atomic mass is 32.2. The lowest BCUT2D eigenvalue weighted by molar-refractivity contribution is -0.144. The lowest BCUT2D eigenvalue weighted by Gasteiger charge is -2.37. The van der Waals surface area contributed by atoms with Crippen LogP contribution in [-0.4, -0.2) is 101 Å².